The van der Waals surface area contributed by atoms with E-state index in [4.69, 9.17) is 14.2 Å². The van der Waals surface area contributed by atoms with Crippen LogP contribution < -0.4 is 0 Å². The number of rotatable bonds is 52. The molecule has 74 heavy (non-hydrogen) atoms. The summed E-state index contributed by atoms with van der Waals surface area (Å²) < 4.78 is 16.8. The van der Waals surface area contributed by atoms with Crippen LogP contribution in [0.15, 0.2) is 146 Å². The molecule has 1 atom stereocenters. The van der Waals surface area contributed by atoms with Crippen LogP contribution in [0.2, 0.25) is 0 Å². The third kappa shape index (κ3) is 58.2. The average Bonchev–Trinajstić information content (AvgIpc) is 3.40. The van der Waals surface area contributed by atoms with Crippen LogP contribution in [0.25, 0.3) is 0 Å². The van der Waals surface area contributed by atoms with Gasteiger partial charge in [-0.15, -0.1) is 0 Å². The summed E-state index contributed by atoms with van der Waals surface area (Å²) in [6, 6.07) is 0. The largest absolute Gasteiger partial charge is 0.462 e. The number of esters is 3. The van der Waals surface area contributed by atoms with Gasteiger partial charge in [-0.2, -0.15) is 0 Å². The Morgan fingerprint density at radius 3 is 0.824 bits per heavy atom. The van der Waals surface area contributed by atoms with E-state index >= 15 is 0 Å². The number of carbonyl (C=O) groups is 3. The zero-order valence-electron chi connectivity index (χ0n) is 47.5. The summed E-state index contributed by atoms with van der Waals surface area (Å²) in [4.78, 5) is 38.0. The van der Waals surface area contributed by atoms with Gasteiger partial charge in [0.05, 0.1) is 0 Å². The second-order valence-electron chi connectivity index (χ2n) is 19.1. The van der Waals surface area contributed by atoms with Crippen molar-refractivity contribution in [2.24, 2.45) is 0 Å². The van der Waals surface area contributed by atoms with Crippen LogP contribution >= 0.6 is 0 Å². The van der Waals surface area contributed by atoms with Gasteiger partial charge in [-0.25, -0.2) is 0 Å². The third-order valence-corrected chi connectivity index (χ3v) is 12.1. The first-order chi connectivity index (χ1) is 36.5. The van der Waals surface area contributed by atoms with Crippen molar-refractivity contribution in [3.63, 3.8) is 0 Å². The highest BCUT2D eigenvalue weighted by Gasteiger charge is 2.19. The molecule has 416 valence electrons. The number of unbranched alkanes of at least 4 members (excludes halogenated alkanes) is 17. The summed E-state index contributed by atoms with van der Waals surface area (Å²) in [5.74, 6) is -0.940. The minimum atomic E-state index is -0.796. The minimum Gasteiger partial charge on any atom is -0.462 e. The van der Waals surface area contributed by atoms with E-state index in [-0.39, 0.29) is 31.1 Å². The fraction of sp³-hybridized carbons (Fsp3) is 0.603. The molecule has 6 nitrogen and oxygen atoms in total. The van der Waals surface area contributed by atoms with Gasteiger partial charge in [0.1, 0.15) is 13.2 Å². The molecule has 0 fully saturated rings. The lowest BCUT2D eigenvalue weighted by molar-refractivity contribution is -0.167. The smallest absolute Gasteiger partial charge is 0.306 e. The van der Waals surface area contributed by atoms with Crippen LogP contribution in [-0.4, -0.2) is 37.2 Å². The maximum Gasteiger partial charge on any atom is 0.306 e. The van der Waals surface area contributed by atoms with E-state index in [1.54, 1.807) is 0 Å². The van der Waals surface area contributed by atoms with Crippen molar-refractivity contribution in [1.29, 1.82) is 0 Å². The number of ether oxygens (including phenoxy) is 3. The second-order valence-corrected chi connectivity index (χ2v) is 19.1. The van der Waals surface area contributed by atoms with E-state index in [1.165, 1.54) is 38.5 Å². The first-order valence-corrected chi connectivity index (χ1v) is 29.8. The van der Waals surface area contributed by atoms with E-state index in [0.29, 0.717) is 19.3 Å². The van der Waals surface area contributed by atoms with Gasteiger partial charge in [0.15, 0.2) is 6.10 Å². The lowest BCUT2D eigenvalue weighted by Gasteiger charge is -2.18. The van der Waals surface area contributed by atoms with E-state index in [0.717, 1.165) is 167 Å². The third-order valence-electron chi connectivity index (χ3n) is 12.1. The minimum absolute atomic E-state index is 0.0941. The Kier molecular flexibility index (Phi) is 57.0. The highest BCUT2D eigenvalue weighted by atomic mass is 16.6. The maximum atomic E-state index is 12.8. The molecule has 0 saturated carbocycles. The molecule has 0 radical (unpaired) electrons. The Labute approximate surface area is 455 Å². The Hall–Kier alpha value is -4.71. The zero-order valence-corrected chi connectivity index (χ0v) is 47.5. The normalized spacial score (nSPS) is 13.2. The molecule has 0 aliphatic rings. The van der Waals surface area contributed by atoms with Gasteiger partial charge in [0.2, 0.25) is 0 Å². The van der Waals surface area contributed by atoms with Crippen molar-refractivity contribution in [2.75, 3.05) is 13.2 Å². The number of allylic oxidation sites excluding steroid dienone is 24. The highest BCUT2D eigenvalue weighted by molar-refractivity contribution is 5.71. The molecule has 0 amide bonds. The highest BCUT2D eigenvalue weighted by Crippen LogP contribution is 2.14. The topological polar surface area (TPSA) is 78.9 Å². The molecule has 0 aromatic carbocycles. The van der Waals surface area contributed by atoms with Crippen molar-refractivity contribution >= 4 is 17.9 Å². The standard InChI is InChI=1S/C68H108O6/c1-4-7-10-13-16-18-20-22-24-26-28-30-32-33-34-35-37-38-40-42-44-46-48-50-52-55-58-61-67(70)73-64-65(63-72-66(69)60-57-54-15-12-9-6-3)74-68(71)62-59-56-53-51-49-47-45-43-41-39-36-31-29-27-25-23-21-19-17-14-11-8-5-2/h7-8,10-11,16-19,22-25,28-31,33-34,37-39,41-42,44,65H,4-6,9,12-15,20-21,26-27,32,35-36,40,43,45-64H2,1-3H3/b10-7-,11-8-,18-16-,19-17-,24-22-,25-23-,30-28-,31-29-,34-33-,38-37-,41-39-,44-42-. The van der Waals surface area contributed by atoms with Crippen LogP contribution in [0.3, 0.4) is 0 Å². The van der Waals surface area contributed by atoms with Gasteiger partial charge < -0.3 is 14.2 Å². The van der Waals surface area contributed by atoms with Crippen molar-refractivity contribution in [1.82, 2.24) is 0 Å². The second kappa shape index (κ2) is 60.8. The molecule has 0 aromatic rings. The summed E-state index contributed by atoms with van der Waals surface area (Å²) in [6.45, 7) is 6.31. The summed E-state index contributed by atoms with van der Waals surface area (Å²) in [7, 11) is 0. The van der Waals surface area contributed by atoms with Crippen LogP contribution in [0.5, 0.6) is 0 Å². The zero-order chi connectivity index (χ0) is 53.6. The molecule has 0 saturated heterocycles. The molecule has 0 aromatic heterocycles. The van der Waals surface area contributed by atoms with Crippen molar-refractivity contribution in [2.45, 2.75) is 252 Å². The summed E-state index contributed by atoms with van der Waals surface area (Å²) in [6.07, 6.45) is 87.3. The molecule has 0 aliphatic heterocycles. The Bertz CT molecular complexity index is 1640. The molecule has 0 heterocycles. The lowest BCUT2D eigenvalue weighted by atomic mass is 10.1. The Morgan fingerprint density at radius 2 is 0.527 bits per heavy atom. The van der Waals surface area contributed by atoms with Gasteiger partial charge in [0.25, 0.3) is 0 Å². The molecule has 0 aliphatic carbocycles. The summed E-state index contributed by atoms with van der Waals surface area (Å²) >= 11 is 0. The monoisotopic (exact) mass is 1020 g/mol. The van der Waals surface area contributed by atoms with Crippen molar-refractivity contribution < 1.29 is 28.6 Å². The Balaban J connectivity index is 4.24. The predicted octanol–water partition coefficient (Wildman–Crippen LogP) is 20.4. The van der Waals surface area contributed by atoms with Gasteiger partial charge in [-0.05, 0) is 122 Å². The van der Waals surface area contributed by atoms with Gasteiger partial charge in [-0.1, -0.05) is 250 Å². The SMILES string of the molecule is CC/C=C\C/C=C\C/C=C\C/C=C\C/C=C\C/C=C\C/C=C\CCCCCCCC(=O)OCC(COC(=O)CCCCCCCC)OC(=O)CCCCCCCCC/C=C\C/C=C\C/C=C\C/C=C\C/C=C\CC. The van der Waals surface area contributed by atoms with Gasteiger partial charge in [0, 0.05) is 19.3 Å². The van der Waals surface area contributed by atoms with Crippen LogP contribution in [0.4, 0.5) is 0 Å². The molecule has 6 heteroatoms. The van der Waals surface area contributed by atoms with E-state index in [1.807, 2.05) is 0 Å². The maximum absolute atomic E-state index is 12.8. The van der Waals surface area contributed by atoms with Crippen LogP contribution in [-0.2, 0) is 28.6 Å². The van der Waals surface area contributed by atoms with Crippen LogP contribution in [0.1, 0.15) is 245 Å². The fourth-order valence-electron chi connectivity index (χ4n) is 7.68. The van der Waals surface area contributed by atoms with Crippen molar-refractivity contribution in [3.05, 3.63) is 146 Å². The fourth-order valence-corrected chi connectivity index (χ4v) is 7.68. The average molecular weight is 1020 g/mol. The molecule has 1 unspecified atom stereocenters. The first-order valence-electron chi connectivity index (χ1n) is 29.8. The van der Waals surface area contributed by atoms with E-state index < -0.39 is 6.10 Å². The van der Waals surface area contributed by atoms with E-state index in [9.17, 15) is 14.4 Å². The van der Waals surface area contributed by atoms with Crippen LogP contribution in [0, 0.1) is 0 Å². The number of hydrogen-bond acceptors (Lipinski definition) is 6. The molecule has 0 bridgehead atoms. The number of hydrogen-bond donors (Lipinski definition) is 0. The van der Waals surface area contributed by atoms with Gasteiger partial charge in [-0.3, -0.25) is 14.4 Å². The molecule has 0 spiro atoms. The van der Waals surface area contributed by atoms with Crippen molar-refractivity contribution in [3.8, 4) is 0 Å². The lowest BCUT2D eigenvalue weighted by Crippen LogP contribution is -2.30. The van der Waals surface area contributed by atoms with Gasteiger partial charge >= 0.3 is 17.9 Å². The predicted molar refractivity (Wildman–Crippen MR) is 320 cm³/mol. The first kappa shape index (κ1) is 69.3. The summed E-state index contributed by atoms with van der Waals surface area (Å²) in [5.41, 5.74) is 0. The summed E-state index contributed by atoms with van der Waals surface area (Å²) in [5, 5.41) is 0. The van der Waals surface area contributed by atoms with E-state index in [2.05, 4.69) is 167 Å². The Morgan fingerprint density at radius 1 is 0.284 bits per heavy atom. The number of carbonyl (C=O) groups excluding carboxylic acids is 3. The molecule has 0 N–H and O–H groups in total. The molecular weight excluding hydrogens is 913 g/mol. The molecule has 0 rings (SSSR count). The molecular formula is C68H108O6. The quantitative estimate of drug-likeness (QED) is 0.0261.